The summed E-state index contributed by atoms with van der Waals surface area (Å²) in [4.78, 5) is 50.9. The SMILES string of the molecule is CC(=O)NC(CC(N)=O)C(=O)O.NC(CCC(=O)O)C(=O)O. The van der Waals surface area contributed by atoms with E-state index in [9.17, 15) is 24.0 Å². The molecule has 8 N–H and O–H groups in total. The summed E-state index contributed by atoms with van der Waals surface area (Å²) in [7, 11) is 0. The summed E-state index contributed by atoms with van der Waals surface area (Å²) in [5.41, 5.74) is 9.76. The lowest BCUT2D eigenvalue weighted by Gasteiger charge is -2.09. The van der Waals surface area contributed by atoms with Gasteiger partial charge in [-0.2, -0.15) is 0 Å². The monoisotopic (exact) mass is 321 g/mol. The number of amides is 2. The van der Waals surface area contributed by atoms with Gasteiger partial charge in [0.25, 0.3) is 0 Å². The maximum Gasteiger partial charge on any atom is 0.326 e. The van der Waals surface area contributed by atoms with Crippen molar-refractivity contribution < 1.29 is 39.3 Å². The van der Waals surface area contributed by atoms with E-state index in [1.807, 2.05) is 0 Å². The van der Waals surface area contributed by atoms with Crippen LogP contribution >= 0.6 is 0 Å². The van der Waals surface area contributed by atoms with E-state index in [0.29, 0.717) is 0 Å². The van der Waals surface area contributed by atoms with Crippen LogP contribution in [0.2, 0.25) is 0 Å². The minimum atomic E-state index is -1.27. The lowest BCUT2D eigenvalue weighted by molar-refractivity contribution is -0.143. The molecule has 11 heteroatoms. The van der Waals surface area contributed by atoms with Crippen molar-refractivity contribution >= 4 is 29.7 Å². The molecule has 22 heavy (non-hydrogen) atoms. The van der Waals surface area contributed by atoms with Crippen LogP contribution in [0.1, 0.15) is 26.2 Å². The molecule has 0 rings (SSSR count). The van der Waals surface area contributed by atoms with Gasteiger partial charge in [0.15, 0.2) is 0 Å². The smallest absolute Gasteiger partial charge is 0.326 e. The van der Waals surface area contributed by atoms with Crippen molar-refractivity contribution in [1.82, 2.24) is 5.32 Å². The van der Waals surface area contributed by atoms with Gasteiger partial charge in [-0.25, -0.2) is 4.79 Å². The molecule has 0 spiro atoms. The van der Waals surface area contributed by atoms with Gasteiger partial charge >= 0.3 is 17.9 Å². The average molecular weight is 321 g/mol. The van der Waals surface area contributed by atoms with Crippen molar-refractivity contribution in [3.63, 3.8) is 0 Å². The molecule has 2 amide bonds. The van der Waals surface area contributed by atoms with E-state index in [1.165, 1.54) is 0 Å². The number of nitrogens with one attached hydrogen (secondary N) is 1. The zero-order chi connectivity index (χ0) is 17.9. The molecule has 11 nitrogen and oxygen atoms in total. The topological polar surface area (TPSA) is 210 Å². The van der Waals surface area contributed by atoms with Gasteiger partial charge in [-0.05, 0) is 6.42 Å². The van der Waals surface area contributed by atoms with Crippen LogP contribution in [0, 0.1) is 0 Å². The van der Waals surface area contributed by atoms with E-state index >= 15 is 0 Å². The summed E-state index contributed by atoms with van der Waals surface area (Å²) in [6.45, 7) is 1.16. The predicted octanol–water partition coefficient (Wildman–Crippen LogP) is -2.29. The van der Waals surface area contributed by atoms with Gasteiger partial charge in [0, 0.05) is 13.3 Å². The Morgan fingerprint density at radius 1 is 1.05 bits per heavy atom. The molecule has 0 aliphatic carbocycles. The summed E-state index contributed by atoms with van der Waals surface area (Å²) in [6.07, 6.45) is -0.618. The number of primary amides is 1. The minimum absolute atomic E-state index is 0.0231. The third kappa shape index (κ3) is 13.7. The van der Waals surface area contributed by atoms with E-state index < -0.39 is 48.2 Å². The van der Waals surface area contributed by atoms with Gasteiger partial charge in [-0.3, -0.25) is 19.2 Å². The third-order valence-corrected chi connectivity index (χ3v) is 2.07. The minimum Gasteiger partial charge on any atom is -0.481 e. The lowest BCUT2D eigenvalue weighted by atomic mass is 10.2. The Hall–Kier alpha value is -2.69. The summed E-state index contributed by atoms with van der Waals surface area (Å²) >= 11 is 0. The second kappa shape index (κ2) is 11.0. The Morgan fingerprint density at radius 2 is 1.55 bits per heavy atom. The highest BCUT2D eigenvalue weighted by Gasteiger charge is 2.20. The largest absolute Gasteiger partial charge is 0.481 e. The molecule has 0 fully saturated rings. The molecule has 0 aromatic carbocycles. The molecule has 0 bridgehead atoms. The molecule has 2 atom stereocenters. The van der Waals surface area contributed by atoms with Crippen molar-refractivity contribution in [1.29, 1.82) is 0 Å². The lowest BCUT2D eigenvalue weighted by Crippen LogP contribution is -2.42. The van der Waals surface area contributed by atoms with Crippen LogP contribution in [0.3, 0.4) is 0 Å². The fourth-order valence-electron chi connectivity index (χ4n) is 1.05. The number of carboxylic acid groups (broad SMARTS) is 3. The highest BCUT2D eigenvalue weighted by atomic mass is 16.4. The van der Waals surface area contributed by atoms with E-state index in [2.05, 4.69) is 5.32 Å². The van der Waals surface area contributed by atoms with Gasteiger partial charge in [0.1, 0.15) is 12.1 Å². The summed E-state index contributed by atoms with van der Waals surface area (Å²) in [5, 5.41) is 26.8. The van der Waals surface area contributed by atoms with Crippen molar-refractivity contribution in [3.05, 3.63) is 0 Å². The number of hydrogen-bond donors (Lipinski definition) is 6. The number of carbonyl (C=O) groups is 5. The summed E-state index contributed by atoms with van der Waals surface area (Å²) in [6, 6.07) is -2.28. The van der Waals surface area contributed by atoms with Gasteiger partial charge < -0.3 is 32.1 Å². The number of hydrogen-bond acceptors (Lipinski definition) is 6. The van der Waals surface area contributed by atoms with Crippen molar-refractivity contribution in [3.8, 4) is 0 Å². The molecule has 0 aromatic heterocycles. The fraction of sp³-hybridized carbons (Fsp3) is 0.545. The Labute approximate surface area is 125 Å². The average Bonchev–Trinajstić information content (AvgIpc) is 2.34. The summed E-state index contributed by atoms with van der Waals surface area (Å²) < 4.78 is 0. The van der Waals surface area contributed by atoms with Crippen LogP contribution in [0.15, 0.2) is 0 Å². The number of carbonyl (C=O) groups excluding carboxylic acids is 2. The van der Waals surface area contributed by atoms with Gasteiger partial charge in [0.05, 0.1) is 6.42 Å². The van der Waals surface area contributed by atoms with E-state index in [1.54, 1.807) is 0 Å². The van der Waals surface area contributed by atoms with Crippen LogP contribution in [-0.4, -0.2) is 57.1 Å². The molecule has 0 saturated heterocycles. The predicted molar refractivity (Wildman–Crippen MR) is 71.5 cm³/mol. The second-order valence-corrected chi connectivity index (χ2v) is 4.14. The molecule has 126 valence electrons. The van der Waals surface area contributed by atoms with Crippen LogP contribution in [0.4, 0.5) is 0 Å². The van der Waals surface area contributed by atoms with Crippen LogP contribution < -0.4 is 16.8 Å². The molecule has 0 saturated carbocycles. The Kier molecular flexibility index (Phi) is 10.8. The highest BCUT2D eigenvalue weighted by Crippen LogP contribution is 1.93. The van der Waals surface area contributed by atoms with Crippen molar-refractivity contribution in [2.24, 2.45) is 11.5 Å². The van der Waals surface area contributed by atoms with Gasteiger partial charge in [-0.1, -0.05) is 0 Å². The molecule has 0 radical (unpaired) electrons. The van der Waals surface area contributed by atoms with Crippen LogP contribution in [0.5, 0.6) is 0 Å². The first-order valence-electron chi connectivity index (χ1n) is 5.95. The maximum atomic E-state index is 10.4. The Morgan fingerprint density at radius 3 is 1.82 bits per heavy atom. The van der Waals surface area contributed by atoms with Gasteiger partial charge in [0.2, 0.25) is 11.8 Å². The second-order valence-electron chi connectivity index (χ2n) is 4.14. The molecule has 0 heterocycles. The number of rotatable bonds is 8. The zero-order valence-electron chi connectivity index (χ0n) is 11.8. The molecular weight excluding hydrogens is 302 g/mol. The van der Waals surface area contributed by atoms with Gasteiger partial charge in [-0.15, -0.1) is 0 Å². The summed E-state index contributed by atoms with van der Waals surface area (Å²) in [5.74, 6) is -4.75. The van der Waals surface area contributed by atoms with Crippen LogP contribution in [0.25, 0.3) is 0 Å². The van der Waals surface area contributed by atoms with Crippen molar-refractivity contribution in [2.75, 3.05) is 0 Å². The van der Waals surface area contributed by atoms with E-state index in [-0.39, 0.29) is 12.8 Å². The highest BCUT2D eigenvalue weighted by molar-refractivity contribution is 5.87. The number of carboxylic acids is 3. The first kappa shape index (κ1) is 21.6. The van der Waals surface area contributed by atoms with E-state index in [4.69, 9.17) is 26.8 Å². The van der Waals surface area contributed by atoms with E-state index in [0.717, 1.165) is 6.92 Å². The first-order valence-corrected chi connectivity index (χ1v) is 5.95. The third-order valence-electron chi connectivity index (χ3n) is 2.07. The number of aliphatic carboxylic acids is 3. The number of nitrogens with two attached hydrogens (primary N) is 2. The normalized spacial score (nSPS) is 12.1. The quantitative estimate of drug-likeness (QED) is 0.283. The fourth-order valence-corrected chi connectivity index (χ4v) is 1.05. The first-order chi connectivity index (χ1) is 9.97. The standard InChI is InChI=1S/C6H10N2O4.C5H9NO4/c1-3(9)8-4(6(11)12)2-5(7)10;6-3(5(9)10)1-2-4(7)8/h4H,2H2,1H3,(H2,7,10)(H,8,9)(H,11,12);3H,1-2,6H2,(H,7,8)(H,9,10). The maximum absolute atomic E-state index is 10.4. The molecule has 0 aliphatic rings. The van der Waals surface area contributed by atoms with Crippen molar-refractivity contribution in [2.45, 2.75) is 38.3 Å². The molecular formula is C11H19N3O8. The molecule has 0 aliphatic heterocycles. The Balaban J connectivity index is 0. The Bertz CT molecular complexity index is 421. The van der Waals surface area contributed by atoms with Crippen LogP contribution in [-0.2, 0) is 24.0 Å². The molecule has 0 aromatic rings. The molecule has 2 unspecified atom stereocenters. The zero-order valence-corrected chi connectivity index (χ0v) is 11.8.